The van der Waals surface area contributed by atoms with Crippen LogP contribution in [-0.2, 0) is 19.7 Å². The number of rotatable bonds is 6. The van der Waals surface area contributed by atoms with Crippen LogP contribution in [0.4, 0.5) is 5.69 Å². The Bertz CT molecular complexity index is 1390. The van der Waals surface area contributed by atoms with E-state index in [1.54, 1.807) is 43.5 Å². The molecule has 0 bridgehead atoms. The number of aromatic nitrogens is 2. The van der Waals surface area contributed by atoms with Gasteiger partial charge in [-0.05, 0) is 49.2 Å². The number of carbonyl (C=O) groups excluding carboxylic acids is 1. The van der Waals surface area contributed by atoms with E-state index in [4.69, 9.17) is 0 Å². The van der Waals surface area contributed by atoms with Gasteiger partial charge in [0.25, 0.3) is 5.91 Å². The monoisotopic (exact) mass is 490 g/mol. The van der Waals surface area contributed by atoms with Crippen LogP contribution in [-0.4, -0.2) is 63.3 Å². The first-order valence-corrected chi connectivity index (χ1v) is 14.2. The summed E-state index contributed by atoms with van der Waals surface area (Å²) in [5.41, 5.74) is 1.47. The van der Waals surface area contributed by atoms with Crippen LogP contribution in [0.15, 0.2) is 58.7 Å². The van der Waals surface area contributed by atoms with E-state index >= 15 is 0 Å². The molecule has 1 amide bonds. The van der Waals surface area contributed by atoms with E-state index in [0.717, 1.165) is 11.9 Å². The molecule has 0 unspecified atom stereocenters. The van der Waals surface area contributed by atoms with Gasteiger partial charge in [0.05, 0.1) is 16.2 Å². The second kappa shape index (κ2) is 8.79. The molecule has 11 heteroatoms. The first-order chi connectivity index (χ1) is 15.6. The highest BCUT2D eigenvalue weighted by Crippen LogP contribution is 2.23. The third-order valence-corrected chi connectivity index (χ3v) is 8.54. The van der Waals surface area contributed by atoms with E-state index in [1.807, 2.05) is 12.1 Å². The third-order valence-electron chi connectivity index (χ3n) is 5.83. The quantitative estimate of drug-likeness (QED) is 0.561. The zero-order valence-electron chi connectivity index (χ0n) is 18.4. The number of hydrogen-bond acceptors (Lipinski definition) is 7. The van der Waals surface area contributed by atoms with Gasteiger partial charge in [-0.3, -0.25) is 9.20 Å². The van der Waals surface area contributed by atoms with Crippen molar-refractivity contribution >= 4 is 36.8 Å². The lowest BCUT2D eigenvalue weighted by atomic mass is 10.0. The van der Waals surface area contributed by atoms with Gasteiger partial charge < -0.3 is 10.2 Å². The minimum Gasteiger partial charge on any atom is -0.371 e. The van der Waals surface area contributed by atoms with E-state index in [1.165, 1.54) is 4.40 Å². The number of anilines is 1. The Balaban J connectivity index is 1.43. The summed E-state index contributed by atoms with van der Waals surface area (Å²) in [7, 11) is -6.83. The van der Waals surface area contributed by atoms with Crippen LogP contribution in [0.2, 0.25) is 0 Å². The average molecular weight is 491 g/mol. The Labute approximate surface area is 193 Å². The van der Waals surface area contributed by atoms with E-state index in [2.05, 4.69) is 15.2 Å². The van der Waals surface area contributed by atoms with Crippen LogP contribution in [0, 0.1) is 0 Å². The van der Waals surface area contributed by atoms with Gasteiger partial charge in [0, 0.05) is 37.3 Å². The molecule has 1 aliphatic rings. The Morgan fingerprint density at radius 2 is 1.73 bits per heavy atom. The largest absolute Gasteiger partial charge is 0.371 e. The molecule has 0 spiro atoms. The summed E-state index contributed by atoms with van der Waals surface area (Å²) in [6.07, 6.45) is 4.04. The number of piperidine rings is 1. The van der Waals surface area contributed by atoms with Gasteiger partial charge in [0.15, 0.2) is 15.5 Å². The second-order valence-corrected chi connectivity index (χ2v) is 12.3. The molecular weight excluding hydrogens is 464 g/mol. The number of fused-ring (bicyclic) bond motifs is 1. The Morgan fingerprint density at radius 1 is 1.06 bits per heavy atom. The number of amides is 1. The van der Waals surface area contributed by atoms with Crippen LogP contribution < -0.4 is 10.2 Å². The van der Waals surface area contributed by atoms with Gasteiger partial charge in [-0.25, -0.2) is 21.8 Å². The highest BCUT2D eigenvalue weighted by Gasteiger charge is 2.26. The summed E-state index contributed by atoms with van der Waals surface area (Å²) in [4.78, 5) is 19.5. The predicted molar refractivity (Wildman–Crippen MR) is 125 cm³/mol. The van der Waals surface area contributed by atoms with Crippen molar-refractivity contribution in [2.24, 2.45) is 0 Å². The third kappa shape index (κ3) is 4.74. The van der Waals surface area contributed by atoms with Crippen molar-refractivity contribution in [3.05, 3.63) is 54.4 Å². The molecule has 0 atom stereocenters. The second-order valence-electron chi connectivity index (χ2n) is 8.10. The first-order valence-electron chi connectivity index (χ1n) is 10.7. The van der Waals surface area contributed by atoms with Crippen molar-refractivity contribution in [2.75, 3.05) is 30.0 Å². The summed E-state index contributed by atoms with van der Waals surface area (Å²) in [5, 5.41) is 2.82. The number of benzene rings is 1. The molecule has 0 radical (unpaired) electrons. The molecule has 4 rings (SSSR count). The molecule has 0 aliphatic carbocycles. The molecule has 1 aromatic carbocycles. The Kier molecular flexibility index (Phi) is 6.19. The Hall–Kier alpha value is -2.92. The first kappa shape index (κ1) is 23.2. The van der Waals surface area contributed by atoms with Crippen molar-refractivity contribution in [3.8, 4) is 0 Å². The van der Waals surface area contributed by atoms with Gasteiger partial charge in [0.2, 0.25) is 15.0 Å². The molecule has 3 heterocycles. The number of sulfone groups is 2. The fourth-order valence-electron chi connectivity index (χ4n) is 4.01. The molecule has 2 aromatic heterocycles. The molecular formula is C22H26N4O5S2. The fourth-order valence-corrected chi connectivity index (χ4v) is 5.66. The van der Waals surface area contributed by atoms with Crippen LogP contribution in [0.1, 0.15) is 30.3 Å². The zero-order chi connectivity index (χ0) is 23.8. The van der Waals surface area contributed by atoms with Crippen LogP contribution in [0.3, 0.4) is 0 Å². The average Bonchev–Trinajstić information content (AvgIpc) is 3.20. The molecule has 1 aliphatic heterocycles. The molecule has 3 aromatic rings. The maximum Gasteiger partial charge on any atom is 0.272 e. The maximum atomic E-state index is 12.9. The zero-order valence-corrected chi connectivity index (χ0v) is 20.1. The standard InChI is InChI=1S/C22H26N4O5S2/c1-3-33(30,31)18-9-7-17(8-10-18)25-14-11-16(12-15-25)23-21(27)20-19-6-4-5-13-26(19)22(24-20)32(2,28)29/h4-10,13,16H,3,11-12,14-15H2,1-2H3,(H,23,27). The van der Waals surface area contributed by atoms with E-state index in [0.29, 0.717) is 36.3 Å². The normalized spacial score (nSPS) is 15.6. The van der Waals surface area contributed by atoms with Crippen LogP contribution in [0.25, 0.3) is 5.52 Å². The van der Waals surface area contributed by atoms with E-state index < -0.39 is 25.6 Å². The number of pyridine rings is 1. The van der Waals surface area contributed by atoms with Crippen LogP contribution in [0.5, 0.6) is 0 Å². The van der Waals surface area contributed by atoms with E-state index in [-0.39, 0.29) is 22.6 Å². The van der Waals surface area contributed by atoms with Crippen molar-refractivity contribution < 1.29 is 21.6 Å². The van der Waals surface area contributed by atoms with Crippen molar-refractivity contribution in [1.82, 2.24) is 14.7 Å². The minimum atomic E-state index is -3.60. The summed E-state index contributed by atoms with van der Waals surface area (Å²) in [5.74, 6) is -0.337. The highest BCUT2D eigenvalue weighted by molar-refractivity contribution is 7.91. The van der Waals surface area contributed by atoms with Gasteiger partial charge in [-0.15, -0.1) is 0 Å². The molecule has 0 saturated carbocycles. The molecule has 1 saturated heterocycles. The summed E-state index contributed by atoms with van der Waals surface area (Å²) >= 11 is 0. The molecule has 1 N–H and O–H groups in total. The van der Waals surface area contributed by atoms with Crippen LogP contribution >= 0.6 is 0 Å². The molecule has 176 valence electrons. The lowest BCUT2D eigenvalue weighted by Gasteiger charge is -2.34. The predicted octanol–water partition coefficient (Wildman–Crippen LogP) is 1.93. The smallest absolute Gasteiger partial charge is 0.272 e. The van der Waals surface area contributed by atoms with E-state index in [9.17, 15) is 21.6 Å². The van der Waals surface area contributed by atoms with Crippen molar-refractivity contribution in [3.63, 3.8) is 0 Å². The Morgan fingerprint density at radius 3 is 2.33 bits per heavy atom. The maximum absolute atomic E-state index is 12.9. The molecule has 1 fully saturated rings. The topological polar surface area (TPSA) is 118 Å². The summed E-state index contributed by atoms with van der Waals surface area (Å²) < 4.78 is 49.6. The van der Waals surface area contributed by atoms with Gasteiger partial charge >= 0.3 is 0 Å². The SMILES string of the molecule is CCS(=O)(=O)c1ccc(N2CCC(NC(=O)c3nc(S(C)(=O)=O)n4ccccc34)CC2)cc1. The molecule has 9 nitrogen and oxygen atoms in total. The van der Waals surface area contributed by atoms with Gasteiger partial charge in [-0.2, -0.15) is 0 Å². The fraction of sp³-hybridized carbons (Fsp3) is 0.364. The molecule has 33 heavy (non-hydrogen) atoms. The number of hydrogen-bond donors (Lipinski definition) is 1. The summed E-state index contributed by atoms with van der Waals surface area (Å²) in [6, 6.07) is 11.9. The summed E-state index contributed by atoms with van der Waals surface area (Å²) in [6.45, 7) is 3.02. The number of imidazole rings is 1. The highest BCUT2D eigenvalue weighted by atomic mass is 32.2. The number of carbonyl (C=O) groups is 1. The lowest BCUT2D eigenvalue weighted by Crippen LogP contribution is -2.44. The van der Waals surface area contributed by atoms with Gasteiger partial charge in [-0.1, -0.05) is 13.0 Å². The van der Waals surface area contributed by atoms with Gasteiger partial charge in [0.1, 0.15) is 0 Å². The van der Waals surface area contributed by atoms with Crippen molar-refractivity contribution in [1.29, 1.82) is 0 Å². The number of nitrogens with one attached hydrogen (secondary N) is 1. The van der Waals surface area contributed by atoms with Crippen molar-refractivity contribution in [2.45, 2.75) is 35.9 Å². The number of nitrogens with zero attached hydrogens (tertiary/aromatic N) is 3. The lowest BCUT2D eigenvalue weighted by molar-refractivity contribution is 0.0928. The minimum absolute atomic E-state index is 0.0646.